The van der Waals surface area contributed by atoms with Crippen molar-refractivity contribution in [3.8, 4) is 0 Å². The van der Waals surface area contributed by atoms with Crippen LogP contribution in [0.5, 0.6) is 0 Å². The zero-order valence-corrected chi connectivity index (χ0v) is 21.3. The average molecular weight is 495 g/mol. The summed E-state index contributed by atoms with van der Waals surface area (Å²) in [7, 11) is 0. The Labute approximate surface area is 207 Å². The van der Waals surface area contributed by atoms with Crippen LogP contribution in [0, 0.1) is 27.6 Å². The minimum atomic E-state index is -1.55. The SMILES string of the molecule is C=C[C@]1(C)C=C2[C@H](O)C[C@@]3(C)[C@@](C)(CO[C@@H]4O[C@H](CO)[C@H](O)[C@@H](O)[C@@H]4O)C(=O)CC[C@]3(C)[C@H]2CC1. The lowest BCUT2D eigenvalue weighted by Gasteiger charge is -2.66. The Balaban J connectivity index is 1.64. The summed E-state index contributed by atoms with van der Waals surface area (Å²) < 4.78 is 11.5. The molecule has 0 aromatic carbocycles. The molecule has 198 valence electrons. The van der Waals surface area contributed by atoms with E-state index in [2.05, 4.69) is 33.4 Å². The Morgan fingerprint density at radius 2 is 1.80 bits per heavy atom. The van der Waals surface area contributed by atoms with Crippen LogP contribution in [-0.4, -0.2) is 81.3 Å². The second-order valence-corrected chi connectivity index (χ2v) is 12.2. The number of fused-ring (bicyclic) bond motifs is 3. The van der Waals surface area contributed by atoms with E-state index in [4.69, 9.17) is 9.47 Å². The van der Waals surface area contributed by atoms with Gasteiger partial charge >= 0.3 is 0 Å². The molecule has 8 nitrogen and oxygen atoms in total. The number of ketones is 1. The number of carbonyl (C=O) groups is 1. The van der Waals surface area contributed by atoms with E-state index in [0.717, 1.165) is 24.8 Å². The molecule has 0 bridgehead atoms. The van der Waals surface area contributed by atoms with Crippen molar-refractivity contribution in [1.82, 2.24) is 0 Å². The Kier molecular flexibility index (Phi) is 6.93. The first-order valence-corrected chi connectivity index (χ1v) is 12.8. The highest BCUT2D eigenvalue weighted by molar-refractivity contribution is 5.87. The molecule has 0 spiro atoms. The molecule has 0 unspecified atom stereocenters. The van der Waals surface area contributed by atoms with Crippen LogP contribution in [0.2, 0.25) is 0 Å². The zero-order valence-electron chi connectivity index (χ0n) is 21.3. The molecule has 35 heavy (non-hydrogen) atoms. The molecule has 4 rings (SSSR count). The maximum atomic E-state index is 13.5. The number of allylic oxidation sites excluding steroid dienone is 2. The fraction of sp³-hybridized carbons (Fsp3) is 0.815. The van der Waals surface area contributed by atoms with Crippen LogP contribution in [0.1, 0.15) is 59.8 Å². The van der Waals surface area contributed by atoms with Crippen molar-refractivity contribution in [2.75, 3.05) is 13.2 Å². The molecular weight excluding hydrogens is 452 g/mol. The summed E-state index contributed by atoms with van der Waals surface area (Å²) in [5.41, 5.74) is -0.957. The fourth-order valence-electron chi connectivity index (χ4n) is 7.43. The molecule has 3 aliphatic carbocycles. The van der Waals surface area contributed by atoms with E-state index in [1.54, 1.807) is 0 Å². The van der Waals surface area contributed by atoms with Crippen molar-refractivity contribution in [1.29, 1.82) is 0 Å². The maximum Gasteiger partial charge on any atom is 0.186 e. The van der Waals surface area contributed by atoms with Crippen LogP contribution in [0.4, 0.5) is 0 Å². The minimum absolute atomic E-state index is 0.0356. The molecule has 3 fully saturated rings. The van der Waals surface area contributed by atoms with Crippen molar-refractivity contribution >= 4 is 5.78 Å². The fourth-order valence-corrected chi connectivity index (χ4v) is 7.43. The third-order valence-electron chi connectivity index (χ3n) is 10.4. The zero-order chi connectivity index (χ0) is 26.0. The van der Waals surface area contributed by atoms with Gasteiger partial charge in [-0.1, -0.05) is 32.9 Å². The largest absolute Gasteiger partial charge is 0.394 e. The summed E-state index contributed by atoms with van der Waals surface area (Å²) in [5.74, 6) is 0.164. The van der Waals surface area contributed by atoms with E-state index < -0.39 is 54.2 Å². The van der Waals surface area contributed by atoms with Gasteiger partial charge in [-0.15, -0.1) is 6.58 Å². The van der Waals surface area contributed by atoms with Crippen molar-refractivity contribution in [2.24, 2.45) is 27.6 Å². The molecule has 0 aromatic heterocycles. The van der Waals surface area contributed by atoms with Gasteiger partial charge in [0.05, 0.1) is 24.7 Å². The highest BCUT2D eigenvalue weighted by atomic mass is 16.7. The summed E-state index contributed by atoms with van der Waals surface area (Å²) >= 11 is 0. The van der Waals surface area contributed by atoms with Crippen LogP contribution in [0.15, 0.2) is 24.3 Å². The number of aliphatic hydroxyl groups is 5. The molecule has 1 aliphatic heterocycles. The van der Waals surface area contributed by atoms with Crippen LogP contribution in [0.25, 0.3) is 0 Å². The topological polar surface area (TPSA) is 137 Å². The van der Waals surface area contributed by atoms with Crippen LogP contribution >= 0.6 is 0 Å². The summed E-state index contributed by atoms with van der Waals surface area (Å²) in [6, 6.07) is 0. The number of rotatable bonds is 5. The predicted octanol–water partition coefficient (Wildman–Crippen LogP) is 1.48. The van der Waals surface area contributed by atoms with Gasteiger partial charge in [-0.3, -0.25) is 4.79 Å². The molecule has 11 atom stereocenters. The molecule has 0 aromatic rings. The first kappa shape index (κ1) is 26.9. The summed E-state index contributed by atoms with van der Waals surface area (Å²) in [5, 5.41) is 51.5. The lowest BCUT2D eigenvalue weighted by molar-refractivity contribution is -0.311. The first-order chi connectivity index (χ1) is 16.3. The van der Waals surface area contributed by atoms with Crippen LogP contribution < -0.4 is 0 Å². The van der Waals surface area contributed by atoms with Gasteiger partial charge in [0.25, 0.3) is 0 Å². The van der Waals surface area contributed by atoms with Gasteiger partial charge in [-0.2, -0.15) is 0 Å². The third kappa shape index (κ3) is 3.88. The maximum absolute atomic E-state index is 13.5. The second-order valence-electron chi connectivity index (χ2n) is 12.2. The van der Waals surface area contributed by atoms with E-state index >= 15 is 0 Å². The molecule has 4 aliphatic rings. The normalized spacial score (nSPS) is 52.3. The number of hydrogen-bond acceptors (Lipinski definition) is 8. The minimum Gasteiger partial charge on any atom is -0.394 e. The van der Waals surface area contributed by atoms with Crippen molar-refractivity contribution in [3.05, 3.63) is 24.3 Å². The van der Waals surface area contributed by atoms with Crippen LogP contribution in [0.3, 0.4) is 0 Å². The van der Waals surface area contributed by atoms with Gasteiger partial charge < -0.3 is 35.0 Å². The smallest absolute Gasteiger partial charge is 0.186 e. The van der Waals surface area contributed by atoms with E-state index in [9.17, 15) is 30.3 Å². The van der Waals surface area contributed by atoms with E-state index in [1.807, 2.05) is 13.0 Å². The Morgan fingerprint density at radius 3 is 2.43 bits per heavy atom. The first-order valence-electron chi connectivity index (χ1n) is 12.8. The molecule has 0 amide bonds. The van der Waals surface area contributed by atoms with Crippen molar-refractivity contribution in [3.63, 3.8) is 0 Å². The highest BCUT2D eigenvalue weighted by Crippen LogP contribution is 2.69. The predicted molar refractivity (Wildman–Crippen MR) is 128 cm³/mol. The molecule has 1 heterocycles. The second kappa shape index (κ2) is 9.01. The van der Waals surface area contributed by atoms with Gasteiger partial charge in [0.1, 0.15) is 30.2 Å². The Morgan fingerprint density at radius 1 is 1.11 bits per heavy atom. The molecule has 2 saturated carbocycles. The molecular formula is C27H42O8. The third-order valence-corrected chi connectivity index (χ3v) is 10.4. The number of aliphatic hydroxyl groups excluding tert-OH is 5. The molecule has 0 radical (unpaired) electrons. The van der Waals surface area contributed by atoms with E-state index in [0.29, 0.717) is 12.8 Å². The van der Waals surface area contributed by atoms with Gasteiger partial charge in [0.2, 0.25) is 0 Å². The summed E-state index contributed by atoms with van der Waals surface area (Å²) in [6.45, 7) is 11.7. The standard InChI is InChI=1S/C27H42O8/c1-6-24(2)9-7-16-15(11-24)17(29)12-27(5)25(16,3)10-8-19(30)26(27,4)14-34-23-22(33)21(32)20(31)18(13-28)35-23/h6,11,16-18,20-23,28-29,31-33H,1,7-10,12-14H2,2-5H3/t16-,17+,18+,20-,21+,22-,23+,24-,25+,26-,27+/m0/s1. The van der Waals surface area contributed by atoms with E-state index in [-0.39, 0.29) is 29.1 Å². The summed E-state index contributed by atoms with van der Waals surface area (Å²) in [4.78, 5) is 13.5. The molecule has 8 heteroatoms. The number of hydrogen-bond donors (Lipinski definition) is 5. The summed E-state index contributed by atoms with van der Waals surface area (Å²) in [6.07, 6.45) is -0.171. The van der Waals surface area contributed by atoms with E-state index in [1.165, 1.54) is 0 Å². The quantitative estimate of drug-likeness (QED) is 0.363. The van der Waals surface area contributed by atoms with Gasteiger partial charge in [0.15, 0.2) is 6.29 Å². The van der Waals surface area contributed by atoms with Crippen LogP contribution in [-0.2, 0) is 14.3 Å². The van der Waals surface area contributed by atoms with Gasteiger partial charge in [-0.25, -0.2) is 0 Å². The lowest BCUT2D eigenvalue weighted by Crippen LogP contribution is -2.66. The van der Waals surface area contributed by atoms with Crippen molar-refractivity contribution < 1.29 is 39.8 Å². The Hall–Kier alpha value is -1.13. The van der Waals surface area contributed by atoms with Gasteiger partial charge in [-0.05, 0) is 54.9 Å². The molecule has 1 saturated heterocycles. The number of ether oxygens (including phenoxy) is 2. The average Bonchev–Trinajstić information content (AvgIpc) is 2.83. The molecule has 5 N–H and O–H groups in total. The number of Topliss-reactive ketones (excluding diaryl/α,β-unsaturated/α-hetero) is 1. The Bertz CT molecular complexity index is 886. The van der Waals surface area contributed by atoms with Gasteiger partial charge in [0, 0.05) is 11.8 Å². The van der Waals surface area contributed by atoms with Crippen molar-refractivity contribution in [2.45, 2.75) is 96.6 Å². The number of carbonyl (C=O) groups excluding carboxylic acids is 1. The highest BCUT2D eigenvalue weighted by Gasteiger charge is 2.67. The monoisotopic (exact) mass is 494 g/mol. The lowest BCUT2D eigenvalue weighted by atomic mass is 9.37.